The second-order valence-corrected chi connectivity index (χ2v) is 8.14. The summed E-state index contributed by atoms with van der Waals surface area (Å²) in [7, 11) is 0. The van der Waals surface area contributed by atoms with Gasteiger partial charge in [0, 0.05) is 17.6 Å². The molecule has 0 spiro atoms. The molecule has 1 unspecified atom stereocenters. The molecule has 6 heteroatoms. The van der Waals surface area contributed by atoms with Gasteiger partial charge < -0.3 is 15.0 Å². The lowest BCUT2D eigenvalue weighted by Crippen LogP contribution is -2.51. The van der Waals surface area contributed by atoms with Crippen LogP contribution in [0.4, 0.5) is 0 Å². The molecule has 0 saturated heterocycles. The summed E-state index contributed by atoms with van der Waals surface area (Å²) in [4.78, 5) is 27.5. The van der Waals surface area contributed by atoms with Crippen molar-refractivity contribution in [2.75, 3.05) is 6.61 Å². The van der Waals surface area contributed by atoms with Gasteiger partial charge >= 0.3 is 0 Å². The van der Waals surface area contributed by atoms with Crippen LogP contribution in [0.2, 0.25) is 5.02 Å². The van der Waals surface area contributed by atoms with E-state index in [1.54, 1.807) is 30.0 Å². The summed E-state index contributed by atoms with van der Waals surface area (Å²) in [6.45, 7) is 1.86. The first-order chi connectivity index (χ1) is 14.5. The largest absolute Gasteiger partial charge is 0.484 e. The molecule has 1 aliphatic rings. The van der Waals surface area contributed by atoms with Gasteiger partial charge in [-0.05, 0) is 43.5 Å². The number of amides is 2. The molecule has 3 rings (SSSR count). The fourth-order valence-corrected chi connectivity index (χ4v) is 3.90. The third-order valence-electron chi connectivity index (χ3n) is 5.52. The van der Waals surface area contributed by atoms with Crippen molar-refractivity contribution in [3.05, 3.63) is 65.2 Å². The molecule has 0 heterocycles. The Hall–Kier alpha value is -2.53. The molecule has 2 amide bonds. The molecular formula is C24H29ClN2O3. The van der Waals surface area contributed by atoms with Crippen molar-refractivity contribution in [2.45, 2.75) is 57.7 Å². The van der Waals surface area contributed by atoms with Crippen molar-refractivity contribution in [3.63, 3.8) is 0 Å². The molecule has 2 aromatic carbocycles. The summed E-state index contributed by atoms with van der Waals surface area (Å²) in [6.07, 6.45) is 5.47. The highest BCUT2D eigenvalue weighted by Crippen LogP contribution is 2.21. The van der Waals surface area contributed by atoms with E-state index in [1.807, 2.05) is 36.4 Å². The van der Waals surface area contributed by atoms with E-state index in [9.17, 15) is 9.59 Å². The van der Waals surface area contributed by atoms with Crippen LogP contribution in [0.3, 0.4) is 0 Å². The van der Waals surface area contributed by atoms with E-state index in [4.69, 9.17) is 16.3 Å². The normalized spacial score (nSPS) is 15.3. The lowest BCUT2D eigenvalue weighted by atomic mass is 9.95. The molecular weight excluding hydrogens is 400 g/mol. The van der Waals surface area contributed by atoms with Gasteiger partial charge in [0.15, 0.2) is 6.61 Å². The van der Waals surface area contributed by atoms with Crippen LogP contribution in [0.15, 0.2) is 54.6 Å². The minimum Gasteiger partial charge on any atom is -0.484 e. The van der Waals surface area contributed by atoms with Crippen LogP contribution in [0.5, 0.6) is 5.75 Å². The second kappa shape index (κ2) is 11.0. The highest BCUT2D eigenvalue weighted by Gasteiger charge is 2.28. The van der Waals surface area contributed by atoms with Gasteiger partial charge in [0.05, 0.1) is 0 Å². The van der Waals surface area contributed by atoms with Crippen LogP contribution < -0.4 is 10.1 Å². The summed E-state index contributed by atoms with van der Waals surface area (Å²) in [6, 6.07) is 16.1. The molecule has 1 aliphatic carbocycles. The maximum atomic E-state index is 13.0. The first-order valence-corrected chi connectivity index (χ1v) is 10.9. The fraction of sp³-hybridized carbons (Fsp3) is 0.417. The van der Waals surface area contributed by atoms with Crippen molar-refractivity contribution in [3.8, 4) is 5.75 Å². The van der Waals surface area contributed by atoms with Gasteiger partial charge in [-0.3, -0.25) is 9.59 Å². The monoisotopic (exact) mass is 428 g/mol. The van der Waals surface area contributed by atoms with Crippen molar-refractivity contribution >= 4 is 23.4 Å². The van der Waals surface area contributed by atoms with Crippen LogP contribution >= 0.6 is 11.6 Å². The Morgan fingerprint density at radius 2 is 1.73 bits per heavy atom. The van der Waals surface area contributed by atoms with Crippen molar-refractivity contribution < 1.29 is 14.3 Å². The minimum absolute atomic E-state index is 0.137. The average molecular weight is 429 g/mol. The minimum atomic E-state index is -0.630. The lowest BCUT2D eigenvalue weighted by molar-refractivity contribution is -0.142. The number of carbonyl (C=O) groups is 2. The molecule has 0 aliphatic heterocycles. The van der Waals surface area contributed by atoms with E-state index in [0.717, 1.165) is 31.2 Å². The number of rotatable bonds is 8. The zero-order valence-corrected chi connectivity index (χ0v) is 18.1. The predicted molar refractivity (Wildman–Crippen MR) is 118 cm³/mol. The Kier molecular flexibility index (Phi) is 8.14. The fourth-order valence-electron chi connectivity index (χ4n) is 3.71. The Balaban J connectivity index is 1.71. The smallest absolute Gasteiger partial charge is 0.261 e. The summed E-state index contributed by atoms with van der Waals surface area (Å²) < 4.78 is 5.64. The summed E-state index contributed by atoms with van der Waals surface area (Å²) >= 11 is 6.32. The van der Waals surface area contributed by atoms with E-state index >= 15 is 0 Å². The third-order valence-corrected chi connectivity index (χ3v) is 5.89. The molecule has 2 aromatic rings. The number of hydrogen-bond acceptors (Lipinski definition) is 3. The van der Waals surface area contributed by atoms with Gasteiger partial charge in [-0.15, -0.1) is 0 Å². The van der Waals surface area contributed by atoms with Crippen molar-refractivity contribution in [1.82, 2.24) is 10.2 Å². The Bertz CT molecular complexity index is 837. The van der Waals surface area contributed by atoms with Gasteiger partial charge in [-0.1, -0.05) is 67.3 Å². The van der Waals surface area contributed by atoms with Crippen LogP contribution in [-0.4, -0.2) is 35.4 Å². The molecule has 1 atom stereocenters. The van der Waals surface area contributed by atoms with E-state index in [0.29, 0.717) is 10.8 Å². The number of halogens is 1. The van der Waals surface area contributed by atoms with E-state index < -0.39 is 6.04 Å². The number of hydrogen-bond donors (Lipinski definition) is 1. The zero-order valence-electron chi connectivity index (χ0n) is 17.4. The van der Waals surface area contributed by atoms with Crippen LogP contribution in [0.25, 0.3) is 0 Å². The number of carbonyl (C=O) groups excluding carboxylic acids is 2. The topological polar surface area (TPSA) is 58.6 Å². The van der Waals surface area contributed by atoms with Crippen LogP contribution in [0, 0.1) is 0 Å². The number of ether oxygens (including phenoxy) is 1. The molecule has 1 saturated carbocycles. The van der Waals surface area contributed by atoms with E-state index in [-0.39, 0.29) is 31.0 Å². The van der Waals surface area contributed by atoms with Gasteiger partial charge in [0.2, 0.25) is 5.91 Å². The molecule has 160 valence electrons. The first-order valence-electron chi connectivity index (χ1n) is 10.6. The molecule has 5 nitrogen and oxygen atoms in total. The molecule has 1 N–H and O–H groups in total. The maximum absolute atomic E-state index is 13.0. The Labute approximate surface area is 183 Å². The Morgan fingerprint density at radius 1 is 1.07 bits per heavy atom. The number of benzene rings is 2. The number of nitrogens with one attached hydrogen (secondary N) is 1. The molecule has 30 heavy (non-hydrogen) atoms. The van der Waals surface area contributed by atoms with Gasteiger partial charge in [0.1, 0.15) is 11.8 Å². The van der Waals surface area contributed by atoms with E-state index in [1.165, 1.54) is 6.42 Å². The van der Waals surface area contributed by atoms with Crippen molar-refractivity contribution in [2.24, 2.45) is 0 Å². The van der Waals surface area contributed by atoms with E-state index in [2.05, 4.69) is 5.32 Å². The lowest BCUT2D eigenvalue weighted by Gasteiger charge is -2.31. The highest BCUT2D eigenvalue weighted by molar-refractivity contribution is 6.31. The Morgan fingerprint density at radius 3 is 2.43 bits per heavy atom. The van der Waals surface area contributed by atoms with Crippen LogP contribution in [-0.2, 0) is 16.1 Å². The standard InChI is InChI=1S/C24H29ClN2O3/c1-18(24(29)26-20-11-4-2-5-12-20)27(16-19-10-8-9-15-22(19)25)23(28)17-30-21-13-6-3-7-14-21/h3,6-10,13-15,18,20H,2,4-5,11-12,16-17H2,1H3,(H,26,29). The van der Waals surface area contributed by atoms with Gasteiger partial charge in [0.25, 0.3) is 5.91 Å². The SMILES string of the molecule is CC(C(=O)NC1CCCCC1)N(Cc1ccccc1Cl)C(=O)COc1ccccc1. The highest BCUT2D eigenvalue weighted by atomic mass is 35.5. The van der Waals surface area contributed by atoms with Crippen molar-refractivity contribution in [1.29, 1.82) is 0 Å². The summed E-state index contributed by atoms with van der Waals surface area (Å²) in [5, 5.41) is 3.69. The first kappa shape index (κ1) is 22.2. The molecule has 0 bridgehead atoms. The molecule has 1 fully saturated rings. The third kappa shape index (κ3) is 6.23. The molecule has 0 radical (unpaired) electrons. The van der Waals surface area contributed by atoms with Crippen LogP contribution in [0.1, 0.15) is 44.6 Å². The van der Waals surface area contributed by atoms with Gasteiger partial charge in [-0.25, -0.2) is 0 Å². The van der Waals surface area contributed by atoms with Gasteiger partial charge in [-0.2, -0.15) is 0 Å². The summed E-state index contributed by atoms with van der Waals surface area (Å²) in [5.41, 5.74) is 0.796. The number of para-hydroxylation sites is 1. The number of nitrogens with zero attached hydrogens (tertiary/aromatic N) is 1. The summed E-state index contributed by atoms with van der Waals surface area (Å²) in [5.74, 6) is 0.218. The molecule has 0 aromatic heterocycles. The quantitative estimate of drug-likeness (QED) is 0.669. The second-order valence-electron chi connectivity index (χ2n) is 7.73. The maximum Gasteiger partial charge on any atom is 0.261 e. The average Bonchev–Trinajstić information content (AvgIpc) is 2.78. The predicted octanol–water partition coefficient (Wildman–Crippen LogP) is 4.59. The zero-order chi connectivity index (χ0) is 21.3.